The molecular weight excluding hydrogens is 272 g/mol. The molecule has 0 aliphatic carbocycles. The number of thiophene rings is 1. The van der Waals surface area contributed by atoms with Crippen molar-refractivity contribution in [2.24, 2.45) is 5.73 Å². The van der Waals surface area contributed by atoms with Gasteiger partial charge in [0.25, 0.3) is 0 Å². The molecule has 5 nitrogen and oxygen atoms in total. The molecule has 0 amide bonds. The molecule has 18 heavy (non-hydrogen) atoms. The molecule has 0 bridgehead atoms. The second kappa shape index (κ2) is 5.23. The number of aryl methyl sites for hydroxylation is 1. The molecule has 2 aromatic heterocycles. The normalized spacial score (nSPS) is 11.9. The van der Waals surface area contributed by atoms with Gasteiger partial charge in [0.2, 0.25) is 10.0 Å². The van der Waals surface area contributed by atoms with E-state index in [4.69, 9.17) is 10.2 Å². The average Bonchev–Trinajstić information content (AvgIpc) is 2.95. The first-order valence-corrected chi connectivity index (χ1v) is 7.65. The highest BCUT2D eigenvalue weighted by Gasteiger charge is 2.16. The van der Waals surface area contributed by atoms with Crippen LogP contribution in [0.5, 0.6) is 0 Å². The van der Waals surface area contributed by atoms with Crippen LogP contribution in [0.25, 0.3) is 0 Å². The highest BCUT2D eigenvalue weighted by molar-refractivity contribution is 7.91. The molecule has 0 saturated carbocycles. The van der Waals surface area contributed by atoms with Crippen molar-refractivity contribution in [2.75, 3.05) is 0 Å². The molecule has 2 heterocycles. The van der Waals surface area contributed by atoms with E-state index in [1.54, 1.807) is 24.3 Å². The van der Waals surface area contributed by atoms with Crippen LogP contribution in [-0.4, -0.2) is 8.42 Å². The summed E-state index contributed by atoms with van der Waals surface area (Å²) in [5, 5.41) is 0. The molecule has 2 rings (SSSR count). The van der Waals surface area contributed by atoms with Gasteiger partial charge in [-0.2, -0.15) is 0 Å². The summed E-state index contributed by atoms with van der Waals surface area (Å²) in [7, 11) is -3.49. The summed E-state index contributed by atoms with van der Waals surface area (Å²) in [6, 6.07) is 6.82. The lowest BCUT2D eigenvalue weighted by atomic mass is 10.4. The summed E-state index contributed by atoms with van der Waals surface area (Å²) >= 11 is 1.17. The van der Waals surface area contributed by atoms with Crippen LogP contribution in [0.3, 0.4) is 0 Å². The van der Waals surface area contributed by atoms with Gasteiger partial charge < -0.3 is 10.2 Å². The van der Waals surface area contributed by atoms with Gasteiger partial charge in [0.05, 0.1) is 6.54 Å². The van der Waals surface area contributed by atoms with E-state index < -0.39 is 10.0 Å². The largest absolute Gasteiger partial charge is 0.465 e. The third-order valence-corrected chi connectivity index (χ3v) is 5.34. The predicted octanol–water partition coefficient (Wildman–Crippen LogP) is 1.59. The van der Waals surface area contributed by atoms with Crippen molar-refractivity contribution in [2.45, 2.75) is 24.2 Å². The molecule has 2 aromatic rings. The number of hydrogen-bond donors (Lipinski definition) is 2. The quantitative estimate of drug-likeness (QED) is 0.874. The summed E-state index contributed by atoms with van der Waals surface area (Å²) in [6.45, 7) is 2.30. The zero-order valence-corrected chi connectivity index (χ0v) is 11.5. The van der Waals surface area contributed by atoms with E-state index in [9.17, 15) is 8.42 Å². The Hall–Kier alpha value is -1.15. The van der Waals surface area contributed by atoms with Crippen LogP contribution >= 0.6 is 11.3 Å². The van der Waals surface area contributed by atoms with Crippen molar-refractivity contribution in [3.8, 4) is 0 Å². The van der Waals surface area contributed by atoms with Crippen LogP contribution in [0, 0.1) is 6.92 Å². The van der Waals surface area contributed by atoms with Crippen molar-refractivity contribution in [3.05, 3.63) is 40.7 Å². The molecular formula is C11H14N2O3S2. The lowest BCUT2D eigenvalue weighted by molar-refractivity contribution is 0.475. The van der Waals surface area contributed by atoms with Gasteiger partial charge in [0.15, 0.2) is 0 Å². The monoisotopic (exact) mass is 286 g/mol. The minimum atomic E-state index is -3.49. The molecule has 3 N–H and O–H groups in total. The van der Waals surface area contributed by atoms with E-state index in [0.717, 1.165) is 10.6 Å². The SMILES string of the molecule is Cc1ccc(CNS(=O)(=O)c2ccc(CN)s2)o1. The summed E-state index contributed by atoms with van der Waals surface area (Å²) in [6.07, 6.45) is 0. The van der Waals surface area contributed by atoms with Gasteiger partial charge >= 0.3 is 0 Å². The predicted molar refractivity (Wildman–Crippen MR) is 69.7 cm³/mol. The second-order valence-electron chi connectivity index (χ2n) is 3.76. The summed E-state index contributed by atoms with van der Waals surface area (Å²) in [5.74, 6) is 1.34. The van der Waals surface area contributed by atoms with Crippen molar-refractivity contribution >= 4 is 21.4 Å². The third kappa shape index (κ3) is 2.99. The Morgan fingerprint density at radius 2 is 2.11 bits per heavy atom. The number of sulfonamides is 1. The molecule has 0 aromatic carbocycles. The van der Waals surface area contributed by atoms with Crippen molar-refractivity contribution < 1.29 is 12.8 Å². The highest BCUT2D eigenvalue weighted by atomic mass is 32.2. The Labute approximate surface area is 110 Å². The molecule has 0 fully saturated rings. The maximum atomic E-state index is 12.0. The molecule has 0 radical (unpaired) electrons. The Kier molecular flexibility index (Phi) is 3.86. The van der Waals surface area contributed by atoms with Crippen molar-refractivity contribution in [1.29, 1.82) is 0 Å². The maximum Gasteiger partial charge on any atom is 0.250 e. The third-order valence-electron chi connectivity index (χ3n) is 2.34. The number of furan rings is 1. The zero-order chi connectivity index (χ0) is 13.2. The molecule has 0 spiro atoms. The van der Waals surface area contributed by atoms with E-state index in [1.807, 2.05) is 6.92 Å². The molecule has 0 unspecified atom stereocenters. The van der Waals surface area contributed by atoms with Crippen LogP contribution < -0.4 is 10.5 Å². The lowest BCUT2D eigenvalue weighted by Crippen LogP contribution is -2.22. The Bertz CT molecular complexity index is 628. The summed E-state index contributed by atoms with van der Waals surface area (Å²) in [5.41, 5.74) is 5.45. The number of hydrogen-bond acceptors (Lipinski definition) is 5. The summed E-state index contributed by atoms with van der Waals surface area (Å²) in [4.78, 5) is 0.837. The fraction of sp³-hybridized carbons (Fsp3) is 0.273. The van der Waals surface area contributed by atoms with Gasteiger partial charge in [-0.05, 0) is 31.2 Å². The van der Waals surface area contributed by atoms with Crippen LogP contribution in [0.4, 0.5) is 0 Å². The van der Waals surface area contributed by atoms with Crippen molar-refractivity contribution in [3.63, 3.8) is 0 Å². The molecule has 0 atom stereocenters. The minimum Gasteiger partial charge on any atom is -0.465 e. The van der Waals surface area contributed by atoms with Gasteiger partial charge in [-0.3, -0.25) is 0 Å². The minimum absolute atomic E-state index is 0.145. The van der Waals surface area contributed by atoms with Gasteiger partial charge in [-0.25, -0.2) is 13.1 Å². The van der Waals surface area contributed by atoms with Crippen LogP contribution in [0.15, 0.2) is 32.9 Å². The topological polar surface area (TPSA) is 85.3 Å². The first kappa shape index (κ1) is 13.3. The van der Waals surface area contributed by atoms with Gasteiger partial charge in [-0.1, -0.05) is 0 Å². The van der Waals surface area contributed by atoms with E-state index in [1.165, 1.54) is 11.3 Å². The van der Waals surface area contributed by atoms with Gasteiger partial charge in [0, 0.05) is 11.4 Å². The first-order chi connectivity index (χ1) is 8.51. The summed E-state index contributed by atoms with van der Waals surface area (Å²) < 4.78 is 32.0. The standard InChI is InChI=1S/C11H14N2O3S2/c1-8-2-3-9(16-8)7-13-18(14,15)11-5-4-10(6-12)17-11/h2-5,13H,6-7,12H2,1H3. The second-order valence-corrected chi connectivity index (χ2v) is 6.92. The lowest BCUT2D eigenvalue weighted by Gasteiger charge is -2.02. The van der Waals surface area contributed by atoms with Crippen LogP contribution in [-0.2, 0) is 23.1 Å². The maximum absolute atomic E-state index is 12.0. The molecule has 98 valence electrons. The van der Waals surface area contributed by atoms with Gasteiger partial charge in [-0.15, -0.1) is 11.3 Å². The van der Waals surface area contributed by atoms with Crippen LogP contribution in [0.2, 0.25) is 0 Å². The van der Waals surface area contributed by atoms with Gasteiger partial charge in [0.1, 0.15) is 15.7 Å². The molecule has 0 aliphatic rings. The van der Waals surface area contributed by atoms with E-state index in [-0.39, 0.29) is 10.8 Å². The number of rotatable bonds is 5. The average molecular weight is 286 g/mol. The zero-order valence-electron chi connectivity index (χ0n) is 9.84. The van der Waals surface area contributed by atoms with Crippen LogP contribution in [0.1, 0.15) is 16.4 Å². The number of nitrogens with two attached hydrogens (primary N) is 1. The Morgan fingerprint density at radius 3 is 2.67 bits per heavy atom. The smallest absolute Gasteiger partial charge is 0.250 e. The van der Waals surface area contributed by atoms with E-state index >= 15 is 0 Å². The van der Waals surface area contributed by atoms with Crippen molar-refractivity contribution in [1.82, 2.24) is 4.72 Å². The first-order valence-electron chi connectivity index (χ1n) is 5.35. The number of nitrogens with one attached hydrogen (secondary N) is 1. The fourth-order valence-electron chi connectivity index (χ4n) is 1.43. The molecule has 0 saturated heterocycles. The molecule has 0 aliphatic heterocycles. The highest BCUT2D eigenvalue weighted by Crippen LogP contribution is 2.21. The Balaban J connectivity index is 2.07. The van der Waals surface area contributed by atoms with E-state index in [2.05, 4.69) is 4.72 Å². The Morgan fingerprint density at radius 1 is 1.33 bits per heavy atom. The van der Waals surface area contributed by atoms with E-state index in [0.29, 0.717) is 12.3 Å². The molecule has 7 heteroatoms. The fourth-order valence-corrected chi connectivity index (χ4v) is 3.70.